The van der Waals surface area contributed by atoms with E-state index in [0.29, 0.717) is 18.8 Å². The summed E-state index contributed by atoms with van der Waals surface area (Å²) in [6.07, 6.45) is 0. The molecule has 1 saturated heterocycles. The summed E-state index contributed by atoms with van der Waals surface area (Å²) in [6, 6.07) is 5.40. The number of nitrogens with zero attached hydrogens (tertiary/aromatic N) is 2. The molecule has 110 valence electrons. The van der Waals surface area contributed by atoms with Crippen LogP contribution in [0.3, 0.4) is 0 Å². The van der Waals surface area contributed by atoms with E-state index in [4.69, 9.17) is 0 Å². The van der Waals surface area contributed by atoms with Crippen LogP contribution in [0.4, 0.5) is 10.1 Å². The highest BCUT2D eigenvalue weighted by molar-refractivity contribution is 5.81. The largest absolute Gasteiger partial charge is 0.367 e. The maximum atomic E-state index is 14.2. The molecule has 1 aliphatic heterocycles. The van der Waals surface area contributed by atoms with Crippen molar-refractivity contribution in [3.63, 3.8) is 0 Å². The van der Waals surface area contributed by atoms with Crippen molar-refractivity contribution in [2.24, 2.45) is 5.92 Å². The van der Waals surface area contributed by atoms with Gasteiger partial charge in [-0.2, -0.15) is 0 Å². The molecule has 0 atom stereocenters. The summed E-state index contributed by atoms with van der Waals surface area (Å²) < 4.78 is 14.2. The fourth-order valence-corrected chi connectivity index (χ4v) is 2.43. The van der Waals surface area contributed by atoms with E-state index in [-0.39, 0.29) is 23.1 Å². The molecule has 1 aliphatic rings. The summed E-state index contributed by atoms with van der Waals surface area (Å²) in [5.41, 5.74) is 1.53. The van der Waals surface area contributed by atoms with Gasteiger partial charge in [0.25, 0.3) is 0 Å². The predicted molar refractivity (Wildman–Crippen MR) is 79.5 cm³/mol. The van der Waals surface area contributed by atoms with Crippen molar-refractivity contribution in [1.29, 1.82) is 0 Å². The van der Waals surface area contributed by atoms with Gasteiger partial charge < -0.3 is 9.80 Å². The molecule has 1 amide bonds. The van der Waals surface area contributed by atoms with Crippen LogP contribution < -0.4 is 4.90 Å². The molecule has 1 heterocycles. The average Bonchev–Trinajstić information content (AvgIpc) is 2.27. The van der Waals surface area contributed by atoms with Crippen LogP contribution in [0.5, 0.6) is 0 Å². The lowest BCUT2D eigenvalue weighted by Gasteiger charge is -2.41. The molecular weight excluding hydrogens is 255 g/mol. The molecule has 0 bridgehead atoms. The molecule has 0 spiro atoms. The summed E-state index contributed by atoms with van der Waals surface area (Å²) in [5.74, 6) is -0.0900. The van der Waals surface area contributed by atoms with Crippen LogP contribution in [-0.4, -0.2) is 38.0 Å². The Morgan fingerprint density at radius 3 is 2.35 bits per heavy atom. The van der Waals surface area contributed by atoms with Gasteiger partial charge in [0, 0.05) is 27.2 Å². The molecule has 0 N–H and O–H groups in total. The first kappa shape index (κ1) is 14.8. The van der Waals surface area contributed by atoms with Gasteiger partial charge in [0.15, 0.2) is 0 Å². The molecule has 2 rings (SSSR count). The molecule has 20 heavy (non-hydrogen) atoms. The van der Waals surface area contributed by atoms with Gasteiger partial charge >= 0.3 is 0 Å². The molecule has 0 unspecified atom stereocenters. The molecule has 1 fully saturated rings. The van der Waals surface area contributed by atoms with Crippen molar-refractivity contribution in [1.82, 2.24) is 4.90 Å². The number of halogens is 1. The van der Waals surface area contributed by atoms with Gasteiger partial charge in [-0.05, 0) is 23.1 Å². The first-order valence-electron chi connectivity index (χ1n) is 6.96. The minimum Gasteiger partial charge on any atom is -0.367 e. The molecule has 4 heteroatoms. The third-order valence-corrected chi connectivity index (χ3v) is 3.83. The summed E-state index contributed by atoms with van der Waals surface area (Å²) in [5, 5.41) is 0. The number of anilines is 1. The number of benzene rings is 1. The summed E-state index contributed by atoms with van der Waals surface area (Å²) in [6.45, 7) is 7.40. The van der Waals surface area contributed by atoms with Crippen LogP contribution in [0.25, 0.3) is 0 Å². The van der Waals surface area contributed by atoms with E-state index in [1.807, 2.05) is 17.0 Å². The Balaban J connectivity index is 2.08. The summed E-state index contributed by atoms with van der Waals surface area (Å²) >= 11 is 0. The van der Waals surface area contributed by atoms with Crippen LogP contribution in [0.2, 0.25) is 0 Å². The van der Waals surface area contributed by atoms with Gasteiger partial charge in [0.1, 0.15) is 5.82 Å². The number of carbonyl (C=O) groups excluding carboxylic acids is 1. The van der Waals surface area contributed by atoms with E-state index in [9.17, 15) is 9.18 Å². The Morgan fingerprint density at radius 1 is 1.30 bits per heavy atom. The molecule has 0 aromatic heterocycles. The van der Waals surface area contributed by atoms with E-state index in [1.54, 1.807) is 25.1 Å². The minimum absolute atomic E-state index is 0.00769. The lowest BCUT2D eigenvalue weighted by molar-refractivity contribution is -0.133. The van der Waals surface area contributed by atoms with Crippen LogP contribution in [0, 0.1) is 11.7 Å². The predicted octanol–water partition coefficient (Wildman–Crippen LogP) is 2.65. The lowest BCUT2D eigenvalue weighted by Crippen LogP contribution is -2.53. The quantitative estimate of drug-likeness (QED) is 0.830. The van der Waals surface area contributed by atoms with Crippen molar-refractivity contribution in [3.8, 4) is 0 Å². The van der Waals surface area contributed by atoms with Crippen molar-refractivity contribution in [2.75, 3.05) is 32.1 Å². The van der Waals surface area contributed by atoms with E-state index in [0.717, 1.165) is 5.56 Å². The SMILES string of the molecule is CN(C)C(=O)C1CN(c2ccc(C(C)(C)C)cc2F)C1. The Morgan fingerprint density at radius 2 is 1.90 bits per heavy atom. The highest BCUT2D eigenvalue weighted by atomic mass is 19.1. The third-order valence-electron chi connectivity index (χ3n) is 3.83. The zero-order chi connectivity index (χ0) is 15.1. The monoisotopic (exact) mass is 278 g/mol. The fourth-order valence-electron chi connectivity index (χ4n) is 2.43. The Kier molecular flexibility index (Phi) is 3.76. The van der Waals surface area contributed by atoms with E-state index in [1.165, 1.54) is 0 Å². The van der Waals surface area contributed by atoms with E-state index < -0.39 is 0 Å². The minimum atomic E-state index is -0.201. The second-order valence-electron chi connectivity index (χ2n) is 6.75. The van der Waals surface area contributed by atoms with Crippen molar-refractivity contribution in [3.05, 3.63) is 29.6 Å². The molecule has 0 aliphatic carbocycles. The highest BCUT2D eigenvalue weighted by Crippen LogP contribution is 2.31. The molecule has 1 aromatic carbocycles. The normalized spacial score (nSPS) is 16.0. The zero-order valence-electron chi connectivity index (χ0n) is 12.9. The topological polar surface area (TPSA) is 23.6 Å². The average molecular weight is 278 g/mol. The number of carbonyl (C=O) groups is 1. The standard InChI is InChI=1S/C16H23FN2O/c1-16(2,3)12-6-7-14(13(17)8-12)19-9-11(10-19)15(20)18(4)5/h6-8,11H,9-10H2,1-5H3. The number of amides is 1. The van der Waals surface area contributed by atoms with E-state index >= 15 is 0 Å². The number of hydrogen-bond acceptors (Lipinski definition) is 2. The Bertz CT molecular complexity index is 514. The van der Waals surface area contributed by atoms with Gasteiger partial charge in [-0.25, -0.2) is 4.39 Å². The lowest BCUT2D eigenvalue weighted by atomic mass is 9.86. The molecule has 0 radical (unpaired) electrons. The first-order chi connectivity index (χ1) is 9.20. The van der Waals surface area contributed by atoms with E-state index in [2.05, 4.69) is 20.8 Å². The van der Waals surface area contributed by atoms with Gasteiger partial charge in [-0.1, -0.05) is 26.8 Å². The molecular formula is C16H23FN2O. The third kappa shape index (κ3) is 2.79. The maximum Gasteiger partial charge on any atom is 0.228 e. The smallest absolute Gasteiger partial charge is 0.228 e. The van der Waals surface area contributed by atoms with Gasteiger partial charge in [-0.15, -0.1) is 0 Å². The van der Waals surface area contributed by atoms with Crippen molar-refractivity contribution in [2.45, 2.75) is 26.2 Å². The Hall–Kier alpha value is -1.58. The van der Waals surface area contributed by atoms with Crippen LogP contribution in [-0.2, 0) is 10.2 Å². The van der Waals surface area contributed by atoms with Crippen LogP contribution >= 0.6 is 0 Å². The molecule has 1 aromatic rings. The number of hydrogen-bond donors (Lipinski definition) is 0. The zero-order valence-corrected chi connectivity index (χ0v) is 12.9. The maximum absolute atomic E-state index is 14.2. The highest BCUT2D eigenvalue weighted by Gasteiger charge is 2.35. The van der Waals surface area contributed by atoms with Crippen LogP contribution in [0.1, 0.15) is 26.3 Å². The first-order valence-corrected chi connectivity index (χ1v) is 6.96. The van der Waals surface area contributed by atoms with Crippen molar-refractivity contribution >= 4 is 11.6 Å². The summed E-state index contributed by atoms with van der Waals surface area (Å²) in [7, 11) is 3.51. The number of rotatable bonds is 2. The molecule has 3 nitrogen and oxygen atoms in total. The fraction of sp³-hybridized carbons (Fsp3) is 0.562. The second-order valence-corrected chi connectivity index (χ2v) is 6.75. The summed E-state index contributed by atoms with van der Waals surface area (Å²) in [4.78, 5) is 15.3. The second kappa shape index (κ2) is 5.08. The van der Waals surface area contributed by atoms with Crippen molar-refractivity contribution < 1.29 is 9.18 Å². The van der Waals surface area contributed by atoms with Gasteiger partial charge in [0.2, 0.25) is 5.91 Å². The molecule has 0 saturated carbocycles. The van der Waals surface area contributed by atoms with Crippen LogP contribution in [0.15, 0.2) is 18.2 Å². The van der Waals surface area contributed by atoms with Gasteiger partial charge in [-0.3, -0.25) is 4.79 Å². The Labute approximate surface area is 120 Å². The van der Waals surface area contributed by atoms with Gasteiger partial charge in [0.05, 0.1) is 11.6 Å².